The number of benzene rings is 1. The summed E-state index contributed by atoms with van der Waals surface area (Å²) >= 11 is 5.70. The van der Waals surface area contributed by atoms with E-state index in [2.05, 4.69) is 0 Å². The van der Waals surface area contributed by atoms with Crippen molar-refractivity contribution >= 4 is 11.6 Å². The van der Waals surface area contributed by atoms with Gasteiger partial charge in [0.1, 0.15) is 0 Å². The van der Waals surface area contributed by atoms with E-state index in [-0.39, 0.29) is 5.56 Å². The van der Waals surface area contributed by atoms with Crippen LogP contribution < -0.4 is 5.73 Å². The van der Waals surface area contributed by atoms with Crippen molar-refractivity contribution in [2.75, 3.05) is 6.54 Å². The highest BCUT2D eigenvalue weighted by atomic mass is 35.5. The normalized spacial score (nSPS) is 11.8. The molecule has 1 aromatic rings. The van der Waals surface area contributed by atoms with E-state index < -0.39 is 12.5 Å². The van der Waals surface area contributed by atoms with Gasteiger partial charge >= 0.3 is 0 Å². The van der Waals surface area contributed by atoms with Crippen molar-refractivity contribution in [2.45, 2.75) is 12.8 Å². The number of aryl methyl sites for hydroxylation is 1. The Bertz CT molecular complexity index is 312. The molecule has 0 aliphatic rings. The summed E-state index contributed by atoms with van der Waals surface area (Å²) in [6.45, 7) is 0.993. The zero-order valence-electron chi connectivity index (χ0n) is 7.15. The molecule has 0 radical (unpaired) electrons. The third-order valence-electron chi connectivity index (χ3n) is 1.84. The minimum absolute atomic E-state index is 0.0862. The highest BCUT2D eigenvalue weighted by Crippen LogP contribution is 2.29. The van der Waals surface area contributed by atoms with Gasteiger partial charge in [-0.15, -0.1) is 0 Å². The molecule has 13 heavy (non-hydrogen) atoms. The first kappa shape index (κ1) is 10.4. The molecule has 0 amide bonds. The maximum Gasteiger partial charge on any atom is 0.285 e. The second-order valence-corrected chi connectivity index (χ2v) is 3.28. The second-order valence-electron chi connectivity index (χ2n) is 2.87. The van der Waals surface area contributed by atoms with Crippen LogP contribution >= 0.6 is 11.6 Å². The summed E-state index contributed by atoms with van der Waals surface area (Å²) in [6.07, 6.45) is 0. The molecule has 0 unspecified atom stereocenters. The van der Waals surface area contributed by atoms with E-state index in [0.717, 1.165) is 0 Å². The highest BCUT2D eigenvalue weighted by molar-refractivity contribution is 6.31. The molecule has 0 heterocycles. The van der Waals surface area contributed by atoms with Gasteiger partial charge < -0.3 is 5.73 Å². The first-order valence-electron chi connectivity index (χ1n) is 3.82. The topological polar surface area (TPSA) is 26.0 Å². The minimum Gasteiger partial charge on any atom is -0.325 e. The summed E-state index contributed by atoms with van der Waals surface area (Å²) in [4.78, 5) is 0. The van der Waals surface area contributed by atoms with Gasteiger partial charge in [-0.25, -0.2) is 0 Å². The van der Waals surface area contributed by atoms with E-state index in [0.29, 0.717) is 10.6 Å². The van der Waals surface area contributed by atoms with Crippen LogP contribution in [0.1, 0.15) is 11.1 Å². The lowest BCUT2D eigenvalue weighted by atomic mass is 10.1. The van der Waals surface area contributed by atoms with Gasteiger partial charge in [-0.05, 0) is 24.6 Å². The Balaban J connectivity index is 3.10. The molecule has 0 saturated heterocycles. The van der Waals surface area contributed by atoms with Gasteiger partial charge in [-0.1, -0.05) is 17.7 Å². The first-order chi connectivity index (χ1) is 5.97. The fourth-order valence-corrected chi connectivity index (χ4v) is 1.11. The largest absolute Gasteiger partial charge is 0.325 e. The summed E-state index contributed by atoms with van der Waals surface area (Å²) in [7, 11) is 0. The maximum atomic E-state index is 13.0. The van der Waals surface area contributed by atoms with Crippen LogP contribution in [-0.2, 0) is 5.92 Å². The van der Waals surface area contributed by atoms with Crippen LogP contribution in [0.5, 0.6) is 0 Å². The number of alkyl halides is 2. The van der Waals surface area contributed by atoms with Crippen LogP contribution in [0.2, 0.25) is 5.02 Å². The van der Waals surface area contributed by atoms with Crippen molar-refractivity contribution in [3.63, 3.8) is 0 Å². The molecule has 0 bridgehead atoms. The molecule has 1 rings (SSSR count). The van der Waals surface area contributed by atoms with Crippen LogP contribution in [0.4, 0.5) is 8.78 Å². The lowest BCUT2D eigenvalue weighted by Gasteiger charge is -2.14. The quantitative estimate of drug-likeness (QED) is 0.790. The van der Waals surface area contributed by atoms with Crippen molar-refractivity contribution < 1.29 is 8.78 Å². The van der Waals surface area contributed by atoms with Gasteiger partial charge in [0.25, 0.3) is 5.92 Å². The fraction of sp³-hybridized carbons (Fsp3) is 0.333. The summed E-state index contributed by atoms with van der Waals surface area (Å²) in [5.74, 6) is -2.96. The summed E-state index contributed by atoms with van der Waals surface area (Å²) in [5, 5.41) is 0.483. The number of hydrogen-bond donors (Lipinski definition) is 1. The predicted molar refractivity (Wildman–Crippen MR) is 49.1 cm³/mol. The monoisotopic (exact) mass is 205 g/mol. The molecular weight excluding hydrogens is 196 g/mol. The number of rotatable bonds is 2. The molecule has 4 heteroatoms. The average molecular weight is 206 g/mol. The Kier molecular flexibility index (Phi) is 2.88. The predicted octanol–water partition coefficient (Wildman–Crippen LogP) is 2.70. The zero-order valence-corrected chi connectivity index (χ0v) is 7.91. The standard InChI is InChI=1S/C9H10ClF2N/c1-6-4-7(2-3-8(6)10)9(11,12)5-13/h2-4H,5,13H2,1H3. The maximum absolute atomic E-state index is 13.0. The molecule has 0 spiro atoms. The van der Waals surface area contributed by atoms with Crippen molar-refractivity contribution in [2.24, 2.45) is 5.73 Å². The van der Waals surface area contributed by atoms with E-state index in [1.165, 1.54) is 18.2 Å². The van der Waals surface area contributed by atoms with E-state index in [9.17, 15) is 8.78 Å². The lowest BCUT2D eigenvalue weighted by Crippen LogP contribution is -2.25. The Labute approximate surface area is 80.5 Å². The molecule has 0 fully saturated rings. The molecule has 0 aromatic heterocycles. The van der Waals surface area contributed by atoms with Gasteiger partial charge in [-0.2, -0.15) is 8.78 Å². The molecule has 0 atom stereocenters. The Morgan fingerprint density at radius 1 is 1.46 bits per heavy atom. The highest BCUT2D eigenvalue weighted by Gasteiger charge is 2.29. The zero-order chi connectivity index (χ0) is 10.1. The van der Waals surface area contributed by atoms with E-state index >= 15 is 0 Å². The van der Waals surface area contributed by atoms with Gasteiger partial charge in [0.2, 0.25) is 0 Å². The van der Waals surface area contributed by atoms with Gasteiger partial charge in [0.15, 0.2) is 0 Å². The average Bonchev–Trinajstić information content (AvgIpc) is 2.09. The first-order valence-corrected chi connectivity index (χ1v) is 4.19. The lowest BCUT2D eigenvalue weighted by molar-refractivity contribution is 0.00590. The number of halogens is 3. The summed E-state index contributed by atoms with van der Waals surface area (Å²) in [6, 6.07) is 4.10. The Morgan fingerprint density at radius 3 is 2.54 bits per heavy atom. The molecule has 2 N–H and O–H groups in total. The van der Waals surface area contributed by atoms with Crippen molar-refractivity contribution in [1.29, 1.82) is 0 Å². The van der Waals surface area contributed by atoms with E-state index in [1.54, 1.807) is 6.92 Å². The van der Waals surface area contributed by atoms with Crippen LogP contribution in [0.3, 0.4) is 0 Å². The van der Waals surface area contributed by atoms with Gasteiger partial charge in [0, 0.05) is 10.6 Å². The Morgan fingerprint density at radius 2 is 2.08 bits per heavy atom. The minimum atomic E-state index is -2.96. The third kappa shape index (κ3) is 2.17. The molecule has 0 saturated carbocycles. The SMILES string of the molecule is Cc1cc(C(F)(F)CN)ccc1Cl. The molecular formula is C9H10ClF2N. The van der Waals surface area contributed by atoms with E-state index in [1.807, 2.05) is 0 Å². The molecule has 1 nitrogen and oxygen atoms in total. The number of nitrogens with two attached hydrogens (primary N) is 1. The Hall–Kier alpha value is -0.670. The van der Waals surface area contributed by atoms with Crippen LogP contribution in [-0.4, -0.2) is 6.54 Å². The van der Waals surface area contributed by atoms with Crippen LogP contribution in [0.15, 0.2) is 18.2 Å². The number of hydrogen-bond acceptors (Lipinski definition) is 1. The smallest absolute Gasteiger partial charge is 0.285 e. The van der Waals surface area contributed by atoms with Crippen molar-refractivity contribution in [3.05, 3.63) is 34.3 Å². The van der Waals surface area contributed by atoms with Crippen LogP contribution in [0.25, 0.3) is 0 Å². The van der Waals surface area contributed by atoms with Crippen LogP contribution in [0, 0.1) is 6.92 Å². The summed E-state index contributed by atoms with van der Waals surface area (Å²) < 4.78 is 26.1. The van der Waals surface area contributed by atoms with Crippen molar-refractivity contribution in [3.8, 4) is 0 Å². The second kappa shape index (κ2) is 3.60. The fourth-order valence-electron chi connectivity index (χ4n) is 0.990. The van der Waals surface area contributed by atoms with E-state index in [4.69, 9.17) is 17.3 Å². The molecule has 0 aliphatic heterocycles. The molecule has 1 aromatic carbocycles. The van der Waals surface area contributed by atoms with Gasteiger partial charge in [-0.3, -0.25) is 0 Å². The summed E-state index contributed by atoms with van der Waals surface area (Å²) in [5.41, 5.74) is 5.49. The third-order valence-corrected chi connectivity index (χ3v) is 2.26. The molecule has 72 valence electrons. The molecule has 0 aliphatic carbocycles. The van der Waals surface area contributed by atoms with Gasteiger partial charge in [0.05, 0.1) is 6.54 Å². The van der Waals surface area contributed by atoms with Crippen molar-refractivity contribution in [1.82, 2.24) is 0 Å².